The molecule has 0 aliphatic heterocycles. The second-order valence-corrected chi connectivity index (χ2v) is 12.5. The molecule has 0 radical (unpaired) electrons. The number of nitriles is 1. The second kappa shape index (κ2) is 19.4. The van der Waals surface area contributed by atoms with Crippen molar-refractivity contribution in [1.29, 1.82) is 5.26 Å². The zero-order valence-corrected chi connectivity index (χ0v) is 31.4. The van der Waals surface area contributed by atoms with Crippen molar-refractivity contribution in [3.8, 4) is 12.0 Å². The number of urea groups is 1. The Labute approximate surface area is 346 Å². The maximum Gasteiger partial charge on any atom is 0.323 e. The number of halogens is 6. The molecule has 0 aliphatic rings. The third kappa shape index (κ3) is 10.3. The summed E-state index contributed by atoms with van der Waals surface area (Å²) in [5.74, 6) is -6.79. The zero-order valence-electron chi connectivity index (χ0n) is 31.4. The summed E-state index contributed by atoms with van der Waals surface area (Å²) >= 11 is 0. The molecule has 0 saturated heterocycles. The molecule has 0 spiro atoms. The third-order valence-corrected chi connectivity index (χ3v) is 8.42. The molecule has 0 unspecified atom stereocenters. The van der Waals surface area contributed by atoms with Gasteiger partial charge in [0.15, 0.2) is 23.2 Å². The number of carbonyl (C=O) groups is 3. The molecule has 2 amide bonds. The molecule has 4 N–H and O–H groups in total. The highest BCUT2D eigenvalue weighted by molar-refractivity contribution is 6.12. The van der Waals surface area contributed by atoms with Crippen LogP contribution in [0.5, 0.6) is 5.75 Å². The zero-order chi connectivity index (χ0) is 44.3. The second-order valence-electron chi connectivity index (χ2n) is 12.5. The third-order valence-electron chi connectivity index (χ3n) is 8.42. The van der Waals surface area contributed by atoms with Crippen LogP contribution in [0.25, 0.3) is 22.1 Å². The largest absolute Gasteiger partial charge is 0.396 e. The van der Waals surface area contributed by atoms with Crippen molar-refractivity contribution in [3.63, 3.8) is 0 Å². The minimum absolute atomic E-state index is 0.00663. The maximum absolute atomic E-state index is 15.0. The van der Waals surface area contributed by atoms with Crippen LogP contribution in [0, 0.1) is 46.4 Å². The average molecular weight is 845 g/mol. The van der Waals surface area contributed by atoms with E-state index in [0.29, 0.717) is 22.1 Å². The number of amides is 2. The van der Waals surface area contributed by atoms with E-state index in [2.05, 4.69) is 35.3 Å². The smallest absolute Gasteiger partial charge is 0.323 e. The number of nitrogens with one attached hydrogen (secondary N) is 2. The lowest BCUT2D eigenvalue weighted by Gasteiger charge is -2.12. The van der Waals surface area contributed by atoms with Crippen LogP contribution >= 0.6 is 0 Å². The summed E-state index contributed by atoms with van der Waals surface area (Å²) in [6.07, 6.45) is 7.34. The van der Waals surface area contributed by atoms with Gasteiger partial charge in [0.05, 0.1) is 44.6 Å². The summed E-state index contributed by atoms with van der Waals surface area (Å²) in [6, 6.07) is 22.2. The van der Waals surface area contributed by atoms with Crippen molar-refractivity contribution in [2.75, 3.05) is 16.4 Å². The summed E-state index contributed by atoms with van der Waals surface area (Å²) < 4.78 is 86.8. The van der Waals surface area contributed by atoms with Gasteiger partial charge in [-0.2, -0.15) is 0 Å². The quantitative estimate of drug-likeness (QED) is 0.0604. The van der Waals surface area contributed by atoms with Gasteiger partial charge in [0.25, 0.3) is 6.26 Å². The Kier molecular flexibility index (Phi) is 13.4. The number of ketones is 2. The highest BCUT2D eigenvalue weighted by Crippen LogP contribution is 2.26. The highest BCUT2D eigenvalue weighted by Gasteiger charge is 2.24. The van der Waals surface area contributed by atoms with Crippen molar-refractivity contribution in [1.82, 2.24) is 19.9 Å². The van der Waals surface area contributed by atoms with E-state index in [4.69, 9.17) is 11.0 Å². The maximum atomic E-state index is 15.0. The molecule has 8 rings (SSSR count). The van der Waals surface area contributed by atoms with Gasteiger partial charge in [-0.15, -0.1) is 5.26 Å². The van der Waals surface area contributed by atoms with Gasteiger partial charge in [-0.1, -0.05) is 12.1 Å². The highest BCUT2D eigenvalue weighted by atomic mass is 19.2. The normalized spacial score (nSPS) is 10.3. The molecule has 0 bridgehead atoms. The van der Waals surface area contributed by atoms with Gasteiger partial charge in [-0.25, -0.2) is 31.1 Å². The van der Waals surface area contributed by atoms with Gasteiger partial charge in [-0.3, -0.25) is 29.5 Å². The summed E-state index contributed by atoms with van der Waals surface area (Å²) in [4.78, 5) is 53.5. The number of nitrogens with two attached hydrogens (primary N) is 1. The number of fused-ring (bicyclic) bond motifs is 2. The molecule has 0 fully saturated rings. The molecule has 18 heteroatoms. The van der Waals surface area contributed by atoms with Crippen LogP contribution in [-0.4, -0.2) is 37.5 Å². The monoisotopic (exact) mass is 844 g/mol. The van der Waals surface area contributed by atoms with Gasteiger partial charge in [0.2, 0.25) is 0 Å². The molecule has 0 aliphatic carbocycles. The van der Waals surface area contributed by atoms with E-state index in [1.54, 1.807) is 6.07 Å². The van der Waals surface area contributed by atoms with E-state index in [9.17, 15) is 40.7 Å². The predicted molar refractivity (Wildman–Crippen MR) is 215 cm³/mol. The van der Waals surface area contributed by atoms with Crippen molar-refractivity contribution in [2.45, 2.75) is 0 Å². The molecule has 2 aromatic heterocycles. The van der Waals surface area contributed by atoms with E-state index in [0.717, 1.165) is 36.4 Å². The van der Waals surface area contributed by atoms with Crippen LogP contribution in [0.2, 0.25) is 0 Å². The van der Waals surface area contributed by atoms with Crippen LogP contribution < -0.4 is 21.1 Å². The Hall–Kier alpha value is -8.72. The van der Waals surface area contributed by atoms with E-state index in [1.807, 2.05) is 0 Å². The minimum Gasteiger partial charge on any atom is -0.396 e. The molecule has 308 valence electrons. The molecule has 6 aromatic carbocycles. The Morgan fingerprint density at radius 1 is 0.565 bits per heavy atom. The number of anilines is 3. The minimum atomic E-state index is -1.24. The Bertz CT molecular complexity index is 3040. The number of hydrogen-bond donors (Lipinski definition) is 3. The fourth-order valence-corrected chi connectivity index (χ4v) is 5.57. The molecule has 8 aromatic rings. The first-order valence-electron chi connectivity index (χ1n) is 17.7. The molecule has 12 nitrogen and oxygen atoms in total. The Balaban J connectivity index is 0.000000177. The number of hydrogen-bond acceptors (Lipinski definition) is 10. The topological polar surface area (TPSA) is 186 Å². The first-order chi connectivity index (χ1) is 29.8. The lowest BCUT2D eigenvalue weighted by molar-refractivity contribution is 0.102. The van der Waals surface area contributed by atoms with Gasteiger partial charge < -0.3 is 21.1 Å². The molecular formula is C44H26F6N8O4. The fraction of sp³-hybridized carbons (Fsp3) is 0. The standard InChI is InChI=1S/C22H13F3N4O2.C15H9F2N3O.C7H4FNO/c23-13-2-1-3-14(11-13)28-22(31)29-17-7-5-15(24)19(20(17)25)21(30)12-4-6-16-18(10-12)27-9-8-26-16;16-9-2-3-10(18)14(17)13(9)15(21)8-1-4-11-12(7-8)20-6-5-19-11;8-6-2-1-3-7(4-6)10-5-9/h1-11H,(H2,28,29,31);1-7H,18H2;1-4H. The van der Waals surface area contributed by atoms with Crippen LogP contribution in [0.1, 0.15) is 31.8 Å². The van der Waals surface area contributed by atoms with E-state index in [-0.39, 0.29) is 28.3 Å². The van der Waals surface area contributed by atoms with E-state index >= 15 is 0 Å². The Morgan fingerprint density at radius 2 is 1.08 bits per heavy atom. The summed E-state index contributed by atoms with van der Waals surface area (Å²) in [6.45, 7) is 0. The van der Waals surface area contributed by atoms with E-state index < -0.39 is 69.3 Å². The number of ether oxygens (including phenoxy) is 1. The van der Waals surface area contributed by atoms with Crippen molar-refractivity contribution < 1.29 is 45.5 Å². The molecule has 0 saturated carbocycles. The molecular weight excluding hydrogens is 819 g/mol. The molecule has 62 heavy (non-hydrogen) atoms. The number of nitrogen functional groups attached to an aromatic ring is 1. The number of aromatic nitrogens is 4. The number of carbonyl (C=O) groups excluding carboxylic acids is 3. The lowest BCUT2D eigenvalue weighted by atomic mass is 10.0. The molecule has 0 atom stereocenters. The summed E-state index contributed by atoms with van der Waals surface area (Å²) in [7, 11) is 0. The van der Waals surface area contributed by atoms with Crippen LogP contribution in [0.4, 0.5) is 48.2 Å². The molecule has 2 heterocycles. The summed E-state index contributed by atoms with van der Waals surface area (Å²) in [5, 5.41) is 12.5. The predicted octanol–water partition coefficient (Wildman–Crippen LogP) is 9.33. The lowest BCUT2D eigenvalue weighted by Crippen LogP contribution is -2.21. The van der Waals surface area contributed by atoms with Crippen LogP contribution in [0.15, 0.2) is 134 Å². The Morgan fingerprint density at radius 3 is 1.63 bits per heavy atom. The number of benzene rings is 6. The summed E-state index contributed by atoms with van der Waals surface area (Å²) in [5.41, 5.74) is 5.40. The van der Waals surface area contributed by atoms with Crippen LogP contribution in [-0.2, 0) is 0 Å². The van der Waals surface area contributed by atoms with Gasteiger partial charge in [0.1, 0.15) is 29.0 Å². The van der Waals surface area contributed by atoms with E-state index in [1.165, 1.54) is 97.8 Å². The van der Waals surface area contributed by atoms with Gasteiger partial charge in [-0.05, 0) is 91.0 Å². The van der Waals surface area contributed by atoms with Crippen molar-refractivity contribution in [2.24, 2.45) is 0 Å². The average Bonchev–Trinajstić information content (AvgIpc) is 3.26. The number of nitrogens with zero attached hydrogens (tertiary/aromatic N) is 5. The SMILES string of the molecule is N#COc1cccc(F)c1.Nc1ccc(F)c(C(=O)c2ccc3nccnc3c2)c1F.O=C(Nc1cccc(F)c1)Nc1ccc(F)c(C(=O)c2ccc3nccnc3c2)c1F. The fourth-order valence-electron chi connectivity index (χ4n) is 5.57. The first kappa shape index (κ1) is 42.9. The van der Waals surface area contributed by atoms with Gasteiger partial charge >= 0.3 is 6.03 Å². The van der Waals surface area contributed by atoms with Crippen LogP contribution in [0.3, 0.4) is 0 Å². The first-order valence-corrected chi connectivity index (χ1v) is 17.7. The number of rotatable bonds is 7. The van der Waals surface area contributed by atoms with Crippen molar-refractivity contribution in [3.05, 3.63) is 191 Å². The van der Waals surface area contributed by atoms with Gasteiger partial charge in [0, 0.05) is 47.7 Å². The van der Waals surface area contributed by atoms with Crippen molar-refractivity contribution >= 4 is 56.7 Å².